The van der Waals surface area contributed by atoms with Gasteiger partial charge in [0.05, 0.1) is 12.1 Å². The van der Waals surface area contributed by atoms with E-state index in [-0.39, 0.29) is 6.04 Å². The van der Waals surface area contributed by atoms with Crippen LogP contribution in [0.4, 0.5) is 0 Å². The van der Waals surface area contributed by atoms with Crippen molar-refractivity contribution in [3.8, 4) is 0 Å². The third-order valence-electron chi connectivity index (χ3n) is 4.31. The second-order valence-electron chi connectivity index (χ2n) is 5.90. The number of fused-ring (bicyclic) bond motifs is 1. The van der Waals surface area contributed by atoms with Crippen LogP contribution in [0, 0.1) is 12.8 Å². The van der Waals surface area contributed by atoms with Crippen molar-refractivity contribution in [3.63, 3.8) is 0 Å². The van der Waals surface area contributed by atoms with Crippen molar-refractivity contribution >= 4 is 11.0 Å². The molecule has 1 aromatic carbocycles. The summed E-state index contributed by atoms with van der Waals surface area (Å²) in [4.78, 5) is 0. The highest BCUT2D eigenvalue weighted by Gasteiger charge is 2.31. The number of furan rings is 1. The first-order valence-corrected chi connectivity index (χ1v) is 7.53. The quantitative estimate of drug-likeness (QED) is 0.897. The van der Waals surface area contributed by atoms with Gasteiger partial charge in [-0.05, 0) is 50.7 Å². The van der Waals surface area contributed by atoms with E-state index in [1.165, 1.54) is 5.56 Å². The lowest BCUT2D eigenvalue weighted by atomic mass is 9.78. The van der Waals surface area contributed by atoms with Gasteiger partial charge in [0.1, 0.15) is 11.3 Å². The average molecular weight is 273 g/mol. The van der Waals surface area contributed by atoms with Crippen LogP contribution in [0.2, 0.25) is 0 Å². The fourth-order valence-electron chi connectivity index (χ4n) is 3.13. The molecule has 1 aliphatic rings. The van der Waals surface area contributed by atoms with Gasteiger partial charge in [0.25, 0.3) is 0 Å². The van der Waals surface area contributed by atoms with Gasteiger partial charge in [0.15, 0.2) is 0 Å². The van der Waals surface area contributed by atoms with Gasteiger partial charge in [-0.25, -0.2) is 0 Å². The Balaban J connectivity index is 1.64. The maximum atomic E-state index is 6.30. The Morgan fingerprint density at radius 3 is 2.90 bits per heavy atom. The monoisotopic (exact) mass is 273 g/mol. The van der Waals surface area contributed by atoms with Crippen LogP contribution >= 0.6 is 0 Å². The molecule has 1 unspecified atom stereocenters. The Morgan fingerprint density at radius 1 is 1.40 bits per heavy atom. The smallest absolute Gasteiger partial charge is 0.137 e. The highest BCUT2D eigenvalue weighted by atomic mass is 16.5. The number of aryl methyl sites for hydroxylation is 1. The Labute approximate surface area is 120 Å². The molecule has 1 heterocycles. The summed E-state index contributed by atoms with van der Waals surface area (Å²) in [6.45, 7) is 4.93. The summed E-state index contributed by atoms with van der Waals surface area (Å²) in [5.74, 6) is 1.59. The number of ether oxygens (including phenoxy) is 1. The zero-order valence-electron chi connectivity index (χ0n) is 12.3. The van der Waals surface area contributed by atoms with Crippen LogP contribution in [-0.4, -0.2) is 12.7 Å². The minimum atomic E-state index is -0.00521. The number of nitrogens with two attached hydrogens (primary N) is 1. The Kier molecular flexibility index (Phi) is 3.81. The summed E-state index contributed by atoms with van der Waals surface area (Å²) in [7, 11) is 0. The van der Waals surface area contributed by atoms with Gasteiger partial charge in [0, 0.05) is 12.0 Å². The third kappa shape index (κ3) is 2.60. The number of benzene rings is 1. The summed E-state index contributed by atoms with van der Waals surface area (Å²) in [6.07, 6.45) is 3.72. The van der Waals surface area contributed by atoms with Gasteiger partial charge in [0.2, 0.25) is 0 Å². The normalized spacial score (nSPS) is 23.8. The predicted octanol–water partition coefficient (Wildman–Crippen LogP) is 3.95. The fourth-order valence-corrected chi connectivity index (χ4v) is 3.13. The highest BCUT2D eigenvalue weighted by molar-refractivity contribution is 5.80. The number of hydrogen-bond acceptors (Lipinski definition) is 3. The summed E-state index contributed by atoms with van der Waals surface area (Å²) in [5, 5.41) is 1.15. The molecule has 108 valence electrons. The zero-order chi connectivity index (χ0) is 14.1. The first kappa shape index (κ1) is 13.7. The van der Waals surface area contributed by atoms with Crippen molar-refractivity contribution in [1.82, 2.24) is 0 Å². The van der Waals surface area contributed by atoms with Crippen molar-refractivity contribution in [1.29, 1.82) is 0 Å². The minimum absolute atomic E-state index is 0.00521. The molecule has 0 radical (unpaired) electrons. The molecule has 3 heteroatoms. The van der Waals surface area contributed by atoms with E-state index in [1.807, 2.05) is 0 Å². The lowest BCUT2D eigenvalue weighted by molar-refractivity contribution is -0.0286. The molecule has 20 heavy (non-hydrogen) atoms. The molecular weight excluding hydrogens is 250 g/mol. The molecule has 1 aromatic heterocycles. The van der Waals surface area contributed by atoms with E-state index in [9.17, 15) is 0 Å². The third-order valence-corrected chi connectivity index (χ3v) is 4.31. The summed E-state index contributed by atoms with van der Waals surface area (Å²) < 4.78 is 11.5. The maximum Gasteiger partial charge on any atom is 0.137 e. The molecule has 0 spiro atoms. The lowest BCUT2D eigenvalue weighted by Gasteiger charge is -2.36. The summed E-state index contributed by atoms with van der Waals surface area (Å²) >= 11 is 0. The molecule has 1 aliphatic carbocycles. The molecular formula is C17H23NO2. The molecule has 2 aromatic rings. The van der Waals surface area contributed by atoms with Crippen LogP contribution in [0.3, 0.4) is 0 Å². The Bertz CT molecular complexity index is 584. The molecule has 3 rings (SSSR count). The van der Waals surface area contributed by atoms with E-state index >= 15 is 0 Å². The minimum Gasteiger partial charge on any atom is -0.459 e. The second-order valence-corrected chi connectivity index (χ2v) is 5.90. The van der Waals surface area contributed by atoms with Crippen molar-refractivity contribution in [3.05, 3.63) is 35.6 Å². The maximum absolute atomic E-state index is 6.30. The fraction of sp³-hybridized carbons (Fsp3) is 0.529. The van der Waals surface area contributed by atoms with Crippen LogP contribution in [0.5, 0.6) is 0 Å². The van der Waals surface area contributed by atoms with Gasteiger partial charge in [-0.3, -0.25) is 0 Å². The van der Waals surface area contributed by atoms with Gasteiger partial charge in [-0.2, -0.15) is 0 Å². The number of rotatable bonds is 5. The van der Waals surface area contributed by atoms with E-state index < -0.39 is 0 Å². The summed E-state index contributed by atoms with van der Waals surface area (Å²) in [5.41, 5.74) is 8.44. The second kappa shape index (κ2) is 5.58. The van der Waals surface area contributed by atoms with Crippen molar-refractivity contribution < 1.29 is 9.15 Å². The van der Waals surface area contributed by atoms with Crippen LogP contribution in [-0.2, 0) is 4.74 Å². The van der Waals surface area contributed by atoms with Crippen molar-refractivity contribution in [2.24, 2.45) is 11.7 Å². The molecule has 2 N–H and O–H groups in total. The van der Waals surface area contributed by atoms with Crippen LogP contribution < -0.4 is 5.73 Å². The average Bonchev–Trinajstić information content (AvgIpc) is 2.82. The van der Waals surface area contributed by atoms with Gasteiger partial charge in [-0.1, -0.05) is 18.2 Å². The van der Waals surface area contributed by atoms with Gasteiger partial charge >= 0.3 is 0 Å². The number of para-hydroxylation sites is 1. The highest BCUT2D eigenvalue weighted by Crippen LogP contribution is 2.37. The SMILES string of the molecule is CCOC1CC(CC(N)c2cc3cccc(C)c3o2)C1. The van der Waals surface area contributed by atoms with Gasteiger partial charge in [-0.15, -0.1) is 0 Å². The van der Waals surface area contributed by atoms with E-state index in [2.05, 4.69) is 38.1 Å². The first-order valence-electron chi connectivity index (χ1n) is 7.53. The predicted molar refractivity (Wildman–Crippen MR) is 80.6 cm³/mol. The van der Waals surface area contributed by atoms with Crippen molar-refractivity contribution in [2.75, 3.05) is 6.61 Å². The molecule has 0 saturated heterocycles. The molecule has 3 nitrogen and oxygen atoms in total. The van der Waals surface area contributed by atoms with E-state index in [0.29, 0.717) is 12.0 Å². The van der Waals surface area contributed by atoms with Gasteiger partial charge < -0.3 is 14.9 Å². The van der Waals surface area contributed by atoms with Crippen LogP contribution in [0.15, 0.2) is 28.7 Å². The summed E-state index contributed by atoms with van der Waals surface area (Å²) in [6, 6.07) is 8.29. The molecule has 1 saturated carbocycles. The zero-order valence-corrected chi connectivity index (χ0v) is 12.3. The van der Waals surface area contributed by atoms with E-state index in [1.54, 1.807) is 0 Å². The largest absolute Gasteiger partial charge is 0.459 e. The van der Waals surface area contributed by atoms with Crippen LogP contribution in [0.25, 0.3) is 11.0 Å². The Morgan fingerprint density at radius 2 is 2.20 bits per heavy atom. The molecule has 0 aliphatic heterocycles. The van der Waals surface area contributed by atoms with E-state index in [4.69, 9.17) is 14.9 Å². The Hall–Kier alpha value is -1.32. The lowest BCUT2D eigenvalue weighted by Crippen LogP contribution is -2.33. The standard InChI is InChI=1S/C17H23NO2/c1-3-19-14-7-12(8-14)9-15(18)16-10-13-6-4-5-11(2)17(13)20-16/h4-6,10,12,14-15H,3,7-9,18H2,1-2H3. The van der Waals surface area contributed by atoms with Crippen molar-refractivity contribution in [2.45, 2.75) is 45.3 Å². The van der Waals surface area contributed by atoms with E-state index in [0.717, 1.165) is 42.6 Å². The molecule has 1 fully saturated rings. The van der Waals surface area contributed by atoms with Crippen LogP contribution in [0.1, 0.15) is 43.6 Å². The number of hydrogen-bond donors (Lipinski definition) is 1. The molecule has 0 amide bonds. The molecule has 0 bridgehead atoms. The molecule has 1 atom stereocenters. The first-order chi connectivity index (χ1) is 9.67. The topological polar surface area (TPSA) is 48.4 Å².